The van der Waals surface area contributed by atoms with Gasteiger partial charge in [-0.25, -0.2) is 0 Å². The summed E-state index contributed by atoms with van der Waals surface area (Å²) in [7, 11) is 1.63. The van der Waals surface area contributed by atoms with Crippen molar-refractivity contribution < 1.29 is 19.0 Å². The van der Waals surface area contributed by atoms with Crippen LogP contribution >= 0.6 is 0 Å². The minimum absolute atomic E-state index is 0.0722. The quantitative estimate of drug-likeness (QED) is 0.744. The van der Waals surface area contributed by atoms with E-state index in [0.29, 0.717) is 44.2 Å². The molecule has 1 aromatic rings. The summed E-state index contributed by atoms with van der Waals surface area (Å²) in [6.07, 6.45) is 0.260. The van der Waals surface area contributed by atoms with E-state index in [1.807, 2.05) is 25.1 Å². The highest BCUT2D eigenvalue weighted by atomic mass is 16.5. The fraction of sp³-hybridized carbons (Fsp3) is 0.562. The van der Waals surface area contributed by atoms with Gasteiger partial charge >= 0.3 is 0 Å². The van der Waals surface area contributed by atoms with Crippen LogP contribution in [0.5, 0.6) is 5.75 Å². The third-order valence-electron chi connectivity index (χ3n) is 3.37. The van der Waals surface area contributed by atoms with Crippen molar-refractivity contribution >= 4 is 11.6 Å². The van der Waals surface area contributed by atoms with Crippen LogP contribution in [0.3, 0.4) is 0 Å². The Balaban J connectivity index is 1.93. The summed E-state index contributed by atoms with van der Waals surface area (Å²) in [6, 6.07) is 5.71. The van der Waals surface area contributed by atoms with Gasteiger partial charge in [-0.2, -0.15) is 0 Å². The molecule has 0 aromatic heterocycles. The summed E-state index contributed by atoms with van der Waals surface area (Å²) in [6.45, 7) is 5.12. The van der Waals surface area contributed by atoms with Crippen molar-refractivity contribution in [1.29, 1.82) is 0 Å². The zero-order valence-electron chi connectivity index (χ0n) is 13.2. The maximum atomic E-state index is 12.1. The number of nitrogens with one attached hydrogen (secondary N) is 2. The number of aryl methyl sites for hydroxylation is 1. The number of rotatable bonds is 7. The second kappa shape index (κ2) is 8.73. The fourth-order valence-corrected chi connectivity index (χ4v) is 2.25. The highest BCUT2D eigenvalue weighted by molar-refractivity contribution is 5.92. The smallest absolute Gasteiger partial charge is 0.227 e. The van der Waals surface area contributed by atoms with Gasteiger partial charge in [0.25, 0.3) is 0 Å². The van der Waals surface area contributed by atoms with E-state index in [4.69, 9.17) is 14.2 Å². The highest BCUT2D eigenvalue weighted by Gasteiger charge is 2.18. The first kappa shape index (κ1) is 16.7. The summed E-state index contributed by atoms with van der Waals surface area (Å²) >= 11 is 0. The van der Waals surface area contributed by atoms with Crippen LogP contribution < -0.4 is 15.4 Å². The minimum atomic E-state index is -0.0749. The first-order valence-corrected chi connectivity index (χ1v) is 7.53. The Morgan fingerprint density at radius 1 is 1.45 bits per heavy atom. The van der Waals surface area contributed by atoms with E-state index in [0.717, 1.165) is 12.1 Å². The number of carbonyl (C=O) groups is 1. The van der Waals surface area contributed by atoms with Gasteiger partial charge < -0.3 is 24.8 Å². The van der Waals surface area contributed by atoms with Crippen LogP contribution in [0, 0.1) is 6.92 Å². The van der Waals surface area contributed by atoms with Crippen LogP contribution in [0.25, 0.3) is 0 Å². The zero-order valence-corrected chi connectivity index (χ0v) is 13.2. The molecule has 1 aliphatic rings. The molecule has 1 aromatic carbocycles. The number of morpholine rings is 1. The van der Waals surface area contributed by atoms with Gasteiger partial charge in [-0.05, 0) is 24.6 Å². The zero-order chi connectivity index (χ0) is 15.8. The number of ether oxygens (including phenoxy) is 3. The van der Waals surface area contributed by atoms with Gasteiger partial charge in [0, 0.05) is 20.2 Å². The lowest BCUT2D eigenvalue weighted by Gasteiger charge is -2.23. The van der Waals surface area contributed by atoms with E-state index < -0.39 is 0 Å². The Morgan fingerprint density at radius 2 is 2.32 bits per heavy atom. The molecule has 0 aliphatic carbocycles. The van der Waals surface area contributed by atoms with Crippen molar-refractivity contribution in [1.82, 2.24) is 5.32 Å². The summed E-state index contributed by atoms with van der Waals surface area (Å²) in [5.41, 5.74) is 1.75. The van der Waals surface area contributed by atoms with Crippen molar-refractivity contribution in [2.45, 2.75) is 19.4 Å². The van der Waals surface area contributed by atoms with E-state index in [1.165, 1.54) is 0 Å². The molecular weight excluding hydrogens is 284 g/mol. The maximum absolute atomic E-state index is 12.1. The van der Waals surface area contributed by atoms with E-state index in [-0.39, 0.29) is 12.0 Å². The number of carbonyl (C=O) groups excluding carboxylic acids is 1. The molecule has 2 N–H and O–H groups in total. The van der Waals surface area contributed by atoms with E-state index in [9.17, 15) is 4.79 Å². The second-order valence-corrected chi connectivity index (χ2v) is 5.29. The van der Waals surface area contributed by atoms with Crippen molar-refractivity contribution in [3.8, 4) is 5.75 Å². The largest absolute Gasteiger partial charge is 0.489 e. The average molecular weight is 308 g/mol. The first-order valence-electron chi connectivity index (χ1n) is 7.53. The van der Waals surface area contributed by atoms with Crippen LogP contribution in [-0.2, 0) is 14.3 Å². The predicted molar refractivity (Wildman–Crippen MR) is 84.4 cm³/mol. The van der Waals surface area contributed by atoms with Gasteiger partial charge in [-0.15, -0.1) is 0 Å². The molecule has 122 valence electrons. The normalized spacial score (nSPS) is 18.0. The maximum Gasteiger partial charge on any atom is 0.227 e. The average Bonchev–Trinajstić information content (AvgIpc) is 2.51. The molecule has 0 saturated carbocycles. The molecule has 1 atom stereocenters. The molecule has 0 spiro atoms. The molecule has 1 heterocycles. The lowest BCUT2D eigenvalue weighted by molar-refractivity contribution is -0.119. The van der Waals surface area contributed by atoms with Gasteiger partial charge in [0.15, 0.2) is 0 Å². The Bertz CT molecular complexity index is 487. The fourth-order valence-electron chi connectivity index (χ4n) is 2.25. The predicted octanol–water partition coefficient (Wildman–Crippen LogP) is 1.34. The third-order valence-corrected chi connectivity index (χ3v) is 3.37. The Labute approximate surface area is 131 Å². The van der Waals surface area contributed by atoms with E-state index in [2.05, 4.69) is 10.6 Å². The first-order chi connectivity index (χ1) is 10.7. The molecule has 0 bridgehead atoms. The second-order valence-electron chi connectivity index (χ2n) is 5.29. The van der Waals surface area contributed by atoms with Crippen LogP contribution in [0.15, 0.2) is 18.2 Å². The van der Waals surface area contributed by atoms with Gasteiger partial charge in [0.1, 0.15) is 12.4 Å². The summed E-state index contributed by atoms with van der Waals surface area (Å²) in [4.78, 5) is 12.1. The van der Waals surface area contributed by atoms with Crippen LogP contribution in [0.4, 0.5) is 5.69 Å². The van der Waals surface area contributed by atoms with Crippen molar-refractivity contribution in [2.75, 3.05) is 45.3 Å². The summed E-state index contributed by atoms with van der Waals surface area (Å²) < 4.78 is 16.2. The summed E-state index contributed by atoms with van der Waals surface area (Å²) in [5, 5.41) is 6.11. The van der Waals surface area contributed by atoms with Crippen LogP contribution in [0.2, 0.25) is 0 Å². The Hall–Kier alpha value is -1.63. The number of methoxy groups -OCH3 is 1. The van der Waals surface area contributed by atoms with Gasteiger partial charge in [0.05, 0.1) is 31.4 Å². The Morgan fingerprint density at radius 3 is 3.05 bits per heavy atom. The van der Waals surface area contributed by atoms with E-state index in [1.54, 1.807) is 7.11 Å². The molecular formula is C16H24N2O4. The molecule has 0 radical (unpaired) electrons. The van der Waals surface area contributed by atoms with Crippen molar-refractivity contribution in [2.24, 2.45) is 0 Å². The topological polar surface area (TPSA) is 68.8 Å². The van der Waals surface area contributed by atoms with Gasteiger partial charge in [-0.1, -0.05) is 6.07 Å². The molecule has 1 aliphatic heterocycles. The van der Waals surface area contributed by atoms with Gasteiger partial charge in [0.2, 0.25) is 5.91 Å². The van der Waals surface area contributed by atoms with Gasteiger partial charge in [-0.3, -0.25) is 4.79 Å². The number of anilines is 1. The van der Waals surface area contributed by atoms with E-state index >= 15 is 0 Å². The molecule has 6 nitrogen and oxygen atoms in total. The molecule has 6 heteroatoms. The molecule has 22 heavy (non-hydrogen) atoms. The van der Waals surface area contributed by atoms with Crippen molar-refractivity contribution in [3.05, 3.63) is 23.8 Å². The standard InChI is InChI=1S/C16H24N2O4/c1-12-3-4-14(15(9-12)22-8-7-20-2)18-16(19)10-13-11-17-5-6-21-13/h3-4,9,13,17H,5-8,10-11H2,1-2H3,(H,18,19). The Kier molecular flexibility index (Phi) is 6.64. The monoisotopic (exact) mass is 308 g/mol. The number of amides is 1. The summed E-state index contributed by atoms with van der Waals surface area (Å²) in [5.74, 6) is 0.585. The van der Waals surface area contributed by atoms with Crippen LogP contribution in [-0.4, -0.2) is 52.0 Å². The molecule has 2 rings (SSSR count). The third kappa shape index (κ3) is 5.29. The van der Waals surface area contributed by atoms with Crippen LogP contribution in [0.1, 0.15) is 12.0 Å². The lowest BCUT2D eigenvalue weighted by Crippen LogP contribution is -2.40. The minimum Gasteiger partial charge on any atom is -0.489 e. The molecule has 1 saturated heterocycles. The molecule has 1 amide bonds. The van der Waals surface area contributed by atoms with Crippen molar-refractivity contribution in [3.63, 3.8) is 0 Å². The number of hydrogen-bond acceptors (Lipinski definition) is 5. The SMILES string of the molecule is COCCOc1cc(C)ccc1NC(=O)CC1CNCCO1. The molecule has 1 fully saturated rings. The number of benzene rings is 1. The lowest BCUT2D eigenvalue weighted by atomic mass is 10.2. The number of hydrogen-bond donors (Lipinski definition) is 2. The molecule has 1 unspecified atom stereocenters. The highest BCUT2D eigenvalue weighted by Crippen LogP contribution is 2.26.